The Hall–Kier alpha value is -1.75. The van der Waals surface area contributed by atoms with E-state index in [1.165, 1.54) is 0 Å². The fourth-order valence-electron chi connectivity index (χ4n) is 1.88. The van der Waals surface area contributed by atoms with Crippen LogP contribution >= 0.6 is 0 Å². The van der Waals surface area contributed by atoms with Crippen LogP contribution in [0.2, 0.25) is 0 Å². The fourth-order valence-corrected chi connectivity index (χ4v) is 1.88. The van der Waals surface area contributed by atoms with Crippen molar-refractivity contribution >= 4 is 5.97 Å². The Morgan fingerprint density at radius 3 is 2.74 bits per heavy atom. The van der Waals surface area contributed by atoms with Crippen LogP contribution in [0.3, 0.4) is 0 Å². The zero-order valence-electron chi connectivity index (χ0n) is 11.4. The second-order valence-corrected chi connectivity index (χ2v) is 4.06. The zero-order chi connectivity index (χ0) is 14.1. The molecule has 0 saturated carbocycles. The van der Waals surface area contributed by atoms with Gasteiger partial charge in [-0.15, -0.1) is 4.91 Å². The number of esters is 1. The molecule has 1 unspecified atom stereocenters. The van der Waals surface area contributed by atoms with Crippen molar-refractivity contribution in [1.82, 2.24) is 5.32 Å². The van der Waals surface area contributed by atoms with Crippen LogP contribution in [0.25, 0.3) is 0 Å². The summed E-state index contributed by atoms with van der Waals surface area (Å²) in [6.07, 6.45) is 0.745. The summed E-state index contributed by atoms with van der Waals surface area (Å²) >= 11 is 0. The molecule has 0 aliphatic heterocycles. The maximum atomic E-state index is 11.7. The van der Waals surface area contributed by atoms with E-state index in [1.54, 1.807) is 19.1 Å². The third-order valence-corrected chi connectivity index (χ3v) is 2.79. The fraction of sp³-hybridized carbons (Fsp3) is 0.500. The third kappa shape index (κ3) is 4.44. The first-order valence-electron chi connectivity index (χ1n) is 6.52. The lowest BCUT2D eigenvalue weighted by Gasteiger charge is -2.13. The van der Waals surface area contributed by atoms with Gasteiger partial charge in [0, 0.05) is 0 Å². The van der Waals surface area contributed by atoms with E-state index < -0.39 is 12.0 Å². The highest BCUT2D eigenvalue weighted by molar-refractivity contribution is 5.78. The van der Waals surface area contributed by atoms with Gasteiger partial charge in [0.25, 0.3) is 0 Å². The van der Waals surface area contributed by atoms with Gasteiger partial charge in [0.15, 0.2) is 0 Å². The van der Waals surface area contributed by atoms with Crippen LogP contribution in [-0.4, -0.2) is 25.7 Å². The first-order chi connectivity index (χ1) is 9.24. The molecular formula is C14H20N2O3. The Balaban J connectivity index is 2.89. The third-order valence-electron chi connectivity index (χ3n) is 2.79. The van der Waals surface area contributed by atoms with Crippen LogP contribution in [0, 0.1) is 4.91 Å². The number of rotatable bonds is 8. The Labute approximate surface area is 113 Å². The molecule has 1 aromatic rings. The van der Waals surface area contributed by atoms with Crippen molar-refractivity contribution in [2.75, 3.05) is 19.7 Å². The number of hydrogen-bond acceptors (Lipinski definition) is 5. The van der Waals surface area contributed by atoms with E-state index in [0.717, 1.165) is 25.1 Å². The summed E-state index contributed by atoms with van der Waals surface area (Å²) in [6, 6.07) is 6.27. The molecular weight excluding hydrogens is 244 g/mol. The normalized spacial score (nSPS) is 11.9. The number of nitrogens with zero attached hydrogens (tertiary/aromatic N) is 1. The predicted molar refractivity (Wildman–Crippen MR) is 73.9 cm³/mol. The number of carbonyl (C=O) groups excluding carboxylic acids is 1. The molecule has 0 aliphatic carbocycles. The molecule has 19 heavy (non-hydrogen) atoms. The van der Waals surface area contributed by atoms with Gasteiger partial charge >= 0.3 is 5.97 Å². The van der Waals surface area contributed by atoms with Crippen molar-refractivity contribution in [3.63, 3.8) is 0 Å². The molecule has 104 valence electrons. The molecule has 1 atom stereocenters. The van der Waals surface area contributed by atoms with E-state index >= 15 is 0 Å². The quantitative estimate of drug-likeness (QED) is 0.444. The van der Waals surface area contributed by atoms with Crippen molar-refractivity contribution in [1.29, 1.82) is 0 Å². The lowest BCUT2D eigenvalue weighted by atomic mass is 9.98. The molecule has 0 spiro atoms. The van der Waals surface area contributed by atoms with Crippen LogP contribution < -0.4 is 5.32 Å². The standard InChI is InChI=1S/C14H20N2O3/c1-3-15-10-9-11-7-5-6-8-12(11)13(16-18)14(17)19-4-2/h5-8,13,15H,3-4,9-10H2,1-2H3. The van der Waals surface area contributed by atoms with Gasteiger partial charge in [0.05, 0.1) is 6.61 Å². The lowest BCUT2D eigenvalue weighted by Crippen LogP contribution is -2.19. The molecule has 5 nitrogen and oxygen atoms in total. The smallest absolute Gasteiger partial charge is 0.339 e. The summed E-state index contributed by atoms with van der Waals surface area (Å²) < 4.78 is 4.88. The minimum Gasteiger partial charge on any atom is -0.464 e. The van der Waals surface area contributed by atoms with Gasteiger partial charge in [-0.1, -0.05) is 31.2 Å². The minimum atomic E-state index is -1.07. The second-order valence-electron chi connectivity index (χ2n) is 4.06. The lowest BCUT2D eigenvalue weighted by molar-refractivity contribution is -0.144. The number of benzene rings is 1. The van der Waals surface area contributed by atoms with Crippen molar-refractivity contribution in [2.45, 2.75) is 26.3 Å². The predicted octanol–water partition coefficient (Wildman–Crippen LogP) is 2.21. The summed E-state index contributed by atoms with van der Waals surface area (Å²) in [4.78, 5) is 22.7. The molecule has 0 amide bonds. The Kier molecular flexibility index (Phi) is 6.74. The molecule has 0 radical (unpaired) electrons. The highest BCUT2D eigenvalue weighted by atomic mass is 16.5. The monoisotopic (exact) mass is 264 g/mol. The van der Waals surface area contributed by atoms with E-state index in [-0.39, 0.29) is 6.61 Å². The summed E-state index contributed by atoms with van der Waals surface area (Å²) in [5.74, 6) is -0.589. The summed E-state index contributed by atoms with van der Waals surface area (Å²) in [5, 5.41) is 6.13. The average Bonchev–Trinajstić information content (AvgIpc) is 2.42. The number of carbonyl (C=O) groups is 1. The second kappa shape index (κ2) is 8.37. The summed E-state index contributed by atoms with van der Waals surface area (Å²) in [6.45, 7) is 5.65. The van der Waals surface area contributed by atoms with E-state index in [4.69, 9.17) is 4.74 Å². The summed E-state index contributed by atoms with van der Waals surface area (Å²) in [5.41, 5.74) is 1.58. The van der Waals surface area contributed by atoms with Gasteiger partial charge in [-0.25, -0.2) is 4.79 Å². The molecule has 0 heterocycles. The molecule has 5 heteroatoms. The van der Waals surface area contributed by atoms with Crippen LogP contribution in [-0.2, 0) is 16.0 Å². The molecule has 0 aliphatic rings. The molecule has 0 bridgehead atoms. The first-order valence-corrected chi connectivity index (χ1v) is 6.52. The van der Waals surface area contributed by atoms with E-state index in [1.807, 2.05) is 19.1 Å². The molecule has 0 aromatic heterocycles. The minimum absolute atomic E-state index is 0.240. The molecule has 0 saturated heterocycles. The van der Waals surface area contributed by atoms with Crippen molar-refractivity contribution in [2.24, 2.45) is 5.18 Å². The maximum Gasteiger partial charge on any atom is 0.339 e. The Morgan fingerprint density at radius 1 is 1.37 bits per heavy atom. The maximum absolute atomic E-state index is 11.7. The van der Waals surface area contributed by atoms with Gasteiger partial charge in [-0.3, -0.25) is 0 Å². The van der Waals surface area contributed by atoms with Gasteiger partial charge < -0.3 is 10.1 Å². The highest BCUT2D eigenvalue weighted by Crippen LogP contribution is 2.23. The Morgan fingerprint density at radius 2 is 2.11 bits per heavy atom. The number of nitroso groups, excluding NO2 is 1. The van der Waals surface area contributed by atoms with E-state index in [0.29, 0.717) is 5.56 Å². The zero-order valence-corrected chi connectivity index (χ0v) is 11.4. The summed E-state index contributed by atoms with van der Waals surface area (Å²) in [7, 11) is 0. The number of nitrogens with one attached hydrogen (secondary N) is 1. The molecule has 1 rings (SSSR count). The van der Waals surface area contributed by atoms with E-state index in [2.05, 4.69) is 10.5 Å². The van der Waals surface area contributed by atoms with Crippen LogP contribution in [0.4, 0.5) is 0 Å². The number of likely N-dealkylation sites (N-methyl/N-ethyl adjacent to an activating group) is 1. The molecule has 1 N–H and O–H groups in total. The van der Waals surface area contributed by atoms with Crippen molar-refractivity contribution in [3.05, 3.63) is 40.3 Å². The molecule has 0 fully saturated rings. The first kappa shape index (κ1) is 15.3. The Bertz CT molecular complexity index is 421. The van der Waals surface area contributed by atoms with Crippen LogP contribution in [0.15, 0.2) is 29.4 Å². The van der Waals surface area contributed by atoms with Gasteiger partial charge in [0.2, 0.25) is 6.04 Å². The van der Waals surface area contributed by atoms with Gasteiger partial charge in [0.1, 0.15) is 0 Å². The van der Waals surface area contributed by atoms with Crippen LogP contribution in [0.1, 0.15) is 31.0 Å². The number of ether oxygens (including phenoxy) is 1. The molecule has 1 aromatic carbocycles. The topological polar surface area (TPSA) is 67.8 Å². The largest absolute Gasteiger partial charge is 0.464 e. The van der Waals surface area contributed by atoms with Crippen LogP contribution in [0.5, 0.6) is 0 Å². The van der Waals surface area contributed by atoms with Crippen molar-refractivity contribution in [3.8, 4) is 0 Å². The van der Waals surface area contributed by atoms with E-state index in [9.17, 15) is 9.70 Å². The van der Waals surface area contributed by atoms with Gasteiger partial charge in [-0.05, 0) is 42.7 Å². The van der Waals surface area contributed by atoms with Crippen molar-refractivity contribution < 1.29 is 9.53 Å². The highest BCUT2D eigenvalue weighted by Gasteiger charge is 2.24. The average molecular weight is 264 g/mol. The SMILES string of the molecule is CCNCCc1ccccc1C(N=O)C(=O)OCC. The van der Waals surface area contributed by atoms with Gasteiger partial charge in [-0.2, -0.15) is 0 Å². The number of hydrogen-bond donors (Lipinski definition) is 1.